The maximum atomic E-state index is 12.6. The fourth-order valence-electron chi connectivity index (χ4n) is 1.96. The molecule has 0 saturated carbocycles. The summed E-state index contributed by atoms with van der Waals surface area (Å²) in [5.74, 6) is 0. The summed E-state index contributed by atoms with van der Waals surface area (Å²) < 4.78 is 29.8. The van der Waals surface area contributed by atoms with Crippen LogP contribution in [0.1, 0.15) is 0 Å². The number of rotatable bonds is 4. The quantitative estimate of drug-likeness (QED) is 0.710. The summed E-state index contributed by atoms with van der Waals surface area (Å²) in [7, 11) is -3.77. The van der Waals surface area contributed by atoms with Gasteiger partial charge in [0.2, 0.25) is 0 Å². The van der Waals surface area contributed by atoms with Gasteiger partial charge in [-0.3, -0.25) is 4.72 Å². The highest BCUT2D eigenvalue weighted by Crippen LogP contribution is 2.27. The summed E-state index contributed by atoms with van der Waals surface area (Å²) in [6.07, 6.45) is 2.83. The molecular formula is C14H10BrClN4O2S. The number of benzene rings is 2. The molecule has 0 atom stereocenters. The van der Waals surface area contributed by atoms with Crippen LogP contribution in [0.15, 0.2) is 64.5 Å². The first-order valence-corrected chi connectivity index (χ1v) is 9.04. The molecule has 2 aromatic carbocycles. The van der Waals surface area contributed by atoms with Crippen molar-refractivity contribution >= 4 is 43.2 Å². The van der Waals surface area contributed by atoms with Crippen LogP contribution in [0.2, 0.25) is 5.02 Å². The molecule has 3 rings (SSSR count). The van der Waals surface area contributed by atoms with E-state index < -0.39 is 10.0 Å². The van der Waals surface area contributed by atoms with Crippen molar-refractivity contribution in [2.45, 2.75) is 4.90 Å². The molecule has 0 amide bonds. The molecular weight excluding hydrogens is 404 g/mol. The van der Waals surface area contributed by atoms with E-state index in [2.05, 4.69) is 30.7 Å². The van der Waals surface area contributed by atoms with Crippen LogP contribution in [0.3, 0.4) is 0 Å². The molecule has 1 aromatic heterocycles. The molecule has 0 radical (unpaired) electrons. The molecule has 0 spiro atoms. The molecule has 3 aromatic rings. The van der Waals surface area contributed by atoms with Gasteiger partial charge in [0, 0.05) is 9.50 Å². The molecule has 118 valence electrons. The van der Waals surface area contributed by atoms with Crippen LogP contribution in [-0.2, 0) is 10.0 Å². The van der Waals surface area contributed by atoms with Crippen LogP contribution >= 0.6 is 27.5 Å². The van der Waals surface area contributed by atoms with Crippen LogP contribution in [0.25, 0.3) is 5.69 Å². The second kappa shape index (κ2) is 6.31. The molecule has 1 heterocycles. The minimum atomic E-state index is -3.77. The summed E-state index contributed by atoms with van der Waals surface area (Å²) in [5, 5.41) is 4.42. The Hall–Kier alpha value is -1.90. The lowest BCUT2D eigenvalue weighted by molar-refractivity contribution is 0.601. The third kappa shape index (κ3) is 3.54. The van der Waals surface area contributed by atoms with Crippen molar-refractivity contribution in [1.82, 2.24) is 14.8 Å². The normalized spacial score (nSPS) is 11.4. The van der Waals surface area contributed by atoms with Crippen LogP contribution in [0.4, 0.5) is 5.69 Å². The van der Waals surface area contributed by atoms with E-state index in [9.17, 15) is 8.42 Å². The van der Waals surface area contributed by atoms with Gasteiger partial charge in [0.25, 0.3) is 10.0 Å². The Balaban J connectivity index is 2.04. The fourth-order valence-corrected chi connectivity index (χ4v) is 3.79. The monoisotopic (exact) mass is 412 g/mol. The standard InChI is InChI=1S/C14H10BrClN4O2S/c15-10-2-1-3-12(6-10)23(21,22)19-13-7-11(16)4-5-14(13)20-9-17-8-18-20/h1-9,19H. The van der Waals surface area contributed by atoms with Gasteiger partial charge in [-0.25, -0.2) is 18.1 Å². The van der Waals surface area contributed by atoms with Gasteiger partial charge in [-0.05, 0) is 36.4 Å². The highest BCUT2D eigenvalue weighted by molar-refractivity contribution is 9.10. The summed E-state index contributed by atoms with van der Waals surface area (Å²) in [6.45, 7) is 0. The molecule has 1 N–H and O–H groups in total. The van der Waals surface area contributed by atoms with Crippen molar-refractivity contribution in [3.63, 3.8) is 0 Å². The highest BCUT2D eigenvalue weighted by Gasteiger charge is 2.17. The molecule has 0 aliphatic rings. The summed E-state index contributed by atoms with van der Waals surface area (Å²) in [5.41, 5.74) is 0.827. The van der Waals surface area contributed by atoms with Crippen molar-refractivity contribution in [1.29, 1.82) is 0 Å². The smallest absolute Gasteiger partial charge is 0.262 e. The number of aromatic nitrogens is 3. The molecule has 23 heavy (non-hydrogen) atoms. The first-order chi connectivity index (χ1) is 11.0. The minimum Gasteiger partial charge on any atom is -0.277 e. The van der Waals surface area contributed by atoms with Gasteiger partial charge in [-0.1, -0.05) is 33.6 Å². The predicted molar refractivity (Wildman–Crippen MR) is 91.3 cm³/mol. The lowest BCUT2D eigenvalue weighted by Crippen LogP contribution is -2.15. The van der Waals surface area contributed by atoms with E-state index in [0.29, 0.717) is 20.9 Å². The number of hydrogen-bond donors (Lipinski definition) is 1. The maximum absolute atomic E-state index is 12.6. The Morgan fingerprint density at radius 1 is 1.17 bits per heavy atom. The van der Waals surface area contributed by atoms with E-state index in [-0.39, 0.29) is 4.90 Å². The maximum Gasteiger partial charge on any atom is 0.262 e. The molecule has 0 unspecified atom stereocenters. The van der Waals surface area contributed by atoms with Crippen molar-refractivity contribution < 1.29 is 8.42 Å². The minimum absolute atomic E-state index is 0.136. The number of anilines is 1. The molecule has 0 fully saturated rings. The lowest BCUT2D eigenvalue weighted by Gasteiger charge is -2.13. The Kier molecular flexibility index (Phi) is 4.38. The number of hydrogen-bond acceptors (Lipinski definition) is 4. The lowest BCUT2D eigenvalue weighted by atomic mass is 10.3. The van der Waals surface area contributed by atoms with Crippen molar-refractivity contribution in [2.24, 2.45) is 0 Å². The molecule has 0 aliphatic heterocycles. The van der Waals surface area contributed by atoms with E-state index in [1.165, 1.54) is 35.5 Å². The molecule has 9 heteroatoms. The second-order valence-electron chi connectivity index (χ2n) is 4.56. The molecule has 0 aliphatic carbocycles. The SMILES string of the molecule is O=S(=O)(Nc1cc(Cl)ccc1-n1cncn1)c1cccc(Br)c1. The van der Waals surface area contributed by atoms with E-state index in [1.807, 2.05) is 0 Å². The van der Waals surface area contributed by atoms with Crippen molar-refractivity contribution in [3.8, 4) is 5.69 Å². The van der Waals surface area contributed by atoms with Gasteiger partial charge in [-0.15, -0.1) is 0 Å². The Morgan fingerprint density at radius 2 is 2.00 bits per heavy atom. The Morgan fingerprint density at radius 3 is 2.70 bits per heavy atom. The molecule has 6 nitrogen and oxygen atoms in total. The van der Waals surface area contributed by atoms with Gasteiger partial charge >= 0.3 is 0 Å². The average Bonchev–Trinajstić information content (AvgIpc) is 3.01. The zero-order chi connectivity index (χ0) is 16.4. The third-order valence-corrected chi connectivity index (χ3v) is 5.07. The number of halogens is 2. The zero-order valence-corrected chi connectivity index (χ0v) is 14.7. The van der Waals surface area contributed by atoms with Crippen LogP contribution in [0, 0.1) is 0 Å². The van der Waals surface area contributed by atoms with Crippen LogP contribution < -0.4 is 4.72 Å². The number of nitrogens with one attached hydrogen (secondary N) is 1. The Bertz CT molecular complexity index is 945. The van der Waals surface area contributed by atoms with Gasteiger partial charge in [-0.2, -0.15) is 5.10 Å². The molecule has 0 bridgehead atoms. The van der Waals surface area contributed by atoms with Gasteiger partial charge in [0.1, 0.15) is 12.7 Å². The van der Waals surface area contributed by atoms with Crippen LogP contribution in [-0.4, -0.2) is 23.2 Å². The predicted octanol–water partition coefficient (Wildman–Crippen LogP) is 3.48. The zero-order valence-electron chi connectivity index (χ0n) is 11.5. The van der Waals surface area contributed by atoms with E-state index >= 15 is 0 Å². The highest BCUT2D eigenvalue weighted by atomic mass is 79.9. The van der Waals surface area contributed by atoms with Crippen molar-refractivity contribution in [3.05, 3.63) is 64.6 Å². The Labute approximate surface area is 146 Å². The average molecular weight is 414 g/mol. The van der Waals surface area contributed by atoms with E-state index in [4.69, 9.17) is 11.6 Å². The summed E-state index contributed by atoms with van der Waals surface area (Å²) in [4.78, 5) is 4.00. The fraction of sp³-hybridized carbons (Fsp3) is 0. The van der Waals surface area contributed by atoms with E-state index in [0.717, 1.165) is 0 Å². The van der Waals surface area contributed by atoms with E-state index in [1.54, 1.807) is 24.3 Å². The first kappa shape index (κ1) is 16.0. The summed E-state index contributed by atoms with van der Waals surface area (Å²) in [6, 6.07) is 11.3. The van der Waals surface area contributed by atoms with Crippen molar-refractivity contribution in [2.75, 3.05) is 4.72 Å². The third-order valence-electron chi connectivity index (χ3n) is 2.97. The largest absolute Gasteiger partial charge is 0.277 e. The number of sulfonamides is 1. The van der Waals surface area contributed by atoms with Gasteiger partial charge in [0.15, 0.2) is 0 Å². The van der Waals surface area contributed by atoms with Gasteiger partial charge < -0.3 is 0 Å². The topological polar surface area (TPSA) is 76.9 Å². The van der Waals surface area contributed by atoms with Crippen LogP contribution in [0.5, 0.6) is 0 Å². The second-order valence-corrected chi connectivity index (χ2v) is 7.60. The van der Waals surface area contributed by atoms with Gasteiger partial charge in [0.05, 0.1) is 16.3 Å². The number of nitrogens with zero attached hydrogens (tertiary/aromatic N) is 3. The summed E-state index contributed by atoms with van der Waals surface area (Å²) >= 11 is 9.25. The first-order valence-electron chi connectivity index (χ1n) is 6.39. The molecule has 0 saturated heterocycles.